The van der Waals surface area contributed by atoms with E-state index in [0.29, 0.717) is 6.04 Å². The molecule has 106 valence electrons. The van der Waals surface area contributed by atoms with Crippen LogP contribution in [0.1, 0.15) is 38.2 Å². The first-order valence-corrected chi connectivity index (χ1v) is 8.00. The maximum atomic E-state index is 5.62. The lowest BCUT2D eigenvalue weighted by Crippen LogP contribution is -2.35. The molecule has 1 N–H and O–H groups in total. The maximum absolute atomic E-state index is 5.62. The van der Waals surface area contributed by atoms with Crippen molar-refractivity contribution in [2.24, 2.45) is 17.8 Å². The number of hydrogen-bond acceptors (Lipinski definition) is 2. The van der Waals surface area contributed by atoms with Crippen LogP contribution in [0, 0.1) is 17.8 Å². The van der Waals surface area contributed by atoms with E-state index in [-0.39, 0.29) is 0 Å². The van der Waals surface area contributed by atoms with Gasteiger partial charge < -0.3 is 9.73 Å². The molecule has 2 aliphatic carbocycles. The van der Waals surface area contributed by atoms with E-state index in [1.54, 1.807) is 0 Å². The molecule has 2 nitrogen and oxygen atoms in total. The van der Waals surface area contributed by atoms with Crippen LogP contribution in [-0.4, -0.2) is 6.04 Å². The van der Waals surface area contributed by atoms with E-state index >= 15 is 0 Å². The summed E-state index contributed by atoms with van der Waals surface area (Å²) in [6, 6.07) is 8.93. The fourth-order valence-electron chi connectivity index (χ4n) is 4.50. The minimum absolute atomic E-state index is 0.624. The van der Waals surface area contributed by atoms with Crippen molar-refractivity contribution in [1.82, 2.24) is 5.32 Å². The molecule has 2 saturated carbocycles. The number of fused-ring (bicyclic) bond motifs is 3. The lowest BCUT2D eigenvalue weighted by atomic mass is 9.84. The molecule has 2 aliphatic rings. The SMILES string of the molecule is CC(NCc1coc2ccccc12)C1CC2CCC1C2. The van der Waals surface area contributed by atoms with E-state index in [0.717, 1.165) is 29.9 Å². The van der Waals surface area contributed by atoms with Gasteiger partial charge in [0, 0.05) is 23.5 Å². The minimum Gasteiger partial charge on any atom is -0.464 e. The second kappa shape index (κ2) is 4.92. The van der Waals surface area contributed by atoms with Crippen LogP contribution < -0.4 is 5.32 Å². The van der Waals surface area contributed by atoms with Crippen molar-refractivity contribution in [3.63, 3.8) is 0 Å². The average Bonchev–Trinajstić information content (AvgIpc) is 3.19. The number of nitrogens with one attached hydrogen (secondary N) is 1. The van der Waals surface area contributed by atoms with Crippen LogP contribution in [0.4, 0.5) is 0 Å². The summed E-state index contributed by atoms with van der Waals surface area (Å²) in [4.78, 5) is 0. The molecule has 0 spiro atoms. The molecule has 2 bridgehead atoms. The van der Waals surface area contributed by atoms with Gasteiger partial charge in [0.2, 0.25) is 0 Å². The van der Waals surface area contributed by atoms with Crippen LogP contribution in [0.3, 0.4) is 0 Å². The molecule has 0 amide bonds. The van der Waals surface area contributed by atoms with Crippen LogP contribution >= 0.6 is 0 Å². The third-order valence-electron chi connectivity index (χ3n) is 5.61. The average molecular weight is 269 g/mol. The number of furan rings is 1. The molecular formula is C18H23NO. The largest absolute Gasteiger partial charge is 0.464 e. The fraction of sp³-hybridized carbons (Fsp3) is 0.556. The molecule has 2 heteroatoms. The lowest BCUT2D eigenvalue weighted by molar-refractivity contribution is 0.259. The number of benzene rings is 1. The van der Waals surface area contributed by atoms with Crippen molar-refractivity contribution >= 4 is 11.0 Å². The smallest absolute Gasteiger partial charge is 0.134 e. The summed E-state index contributed by atoms with van der Waals surface area (Å²) in [6.45, 7) is 3.29. The highest BCUT2D eigenvalue weighted by molar-refractivity contribution is 5.80. The van der Waals surface area contributed by atoms with Gasteiger partial charge in [0.1, 0.15) is 5.58 Å². The zero-order valence-electron chi connectivity index (χ0n) is 12.1. The predicted molar refractivity (Wildman–Crippen MR) is 81.5 cm³/mol. The Morgan fingerprint density at radius 1 is 1.25 bits per heavy atom. The van der Waals surface area contributed by atoms with Crippen molar-refractivity contribution in [2.45, 2.75) is 45.2 Å². The van der Waals surface area contributed by atoms with Crippen molar-refractivity contribution in [3.05, 3.63) is 36.1 Å². The summed E-state index contributed by atoms with van der Waals surface area (Å²) >= 11 is 0. The quantitative estimate of drug-likeness (QED) is 0.892. The number of para-hydroxylation sites is 1. The molecule has 1 aromatic heterocycles. The Bertz CT molecular complexity index is 602. The standard InChI is InChI=1S/C18H23NO/c1-12(17-9-13-6-7-14(17)8-13)19-10-15-11-20-18-5-3-2-4-16(15)18/h2-5,11-14,17,19H,6-10H2,1H3. The Kier molecular flexibility index (Phi) is 3.07. The Morgan fingerprint density at radius 2 is 2.15 bits per heavy atom. The molecular weight excluding hydrogens is 246 g/mol. The highest BCUT2D eigenvalue weighted by Gasteiger charge is 2.41. The maximum Gasteiger partial charge on any atom is 0.134 e. The van der Waals surface area contributed by atoms with Gasteiger partial charge in [-0.15, -0.1) is 0 Å². The zero-order chi connectivity index (χ0) is 13.5. The summed E-state index contributed by atoms with van der Waals surface area (Å²) in [6.07, 6.45) is 7.80. The third kappa shape index (κ3) is 2.07. The normalized spacial score (nSPS) is 30.1. The first-order chi connectivity index (χ1) is 9.81. The molecule has 0 aliphatic heterocycles. The van der Waals surface area contributed by atoms with Gasteiger partial charge in [-0.25, -0.2) is 0 Å². The van der Waals surface area contributed by atoms with Gasteiger partial charge in [0.25, 0.3) is 0 Å². The first-order valence-electron chi connectivity index (χ1n) is 8.00. The van der Waals surface area contributed by atoms with Crippen LogP contribution in [0.5, 0.6) is 0 Å². The van der Waals surface area contributed by atoms with Gasteiger partial charge >= 0.3 is 0 Å². The fourth-order valence-corrected chi connectivity index (χ4v) is 4.50. The predicted octanol–water partition coefficient (Wildman–Crippen LogP) is 4.35. The second-order valence-corrected chi connectivity index (χ2v) is 6.77. The third-order valence-corrected chi connectivity index (χ3v) is 5.61. The Hall–Kier alpha value is -1.28. The second-order valence-electron chi connectivity index (χ2n) is 6.77. The number of hydrogen-bond donors (Lipinski definition) is 1. The van der Waals surface area contributed by atoms with Crippen molar-refractivity contribution in [1.29, 1.82) is 0 Å². The van der Waals surface area contributed by atoms with Gasteiger partial charge in [-0.2, -0.15) is 0 Å². The van der Waals surface area contributed by atoms with Crippen LogP contribution in [0.25, 0.3) is 11.0 Å². The van der Waals surface area contributed by atoms with E-state index in [4.69, 9.17) is 4.42 Å². The monoisotopic (exact) mass is 269 g/mol. The molecule has 1 aromatic carbocycles. The van der Waals surface area contributed by atoms with Gasteiger partial charge in [0.05, 0.1) is 6.26 Å². The molecule has 2 aromatic rings. The summed E-state index contributed by atoms with van der Waals surface area (Å²) in [5.41, 5.74) is 2.28. The molecule has 2 fully saturated rings. The molecule has 0 radical (unpaired) electrons. The Labute approximate surface area is 120 Å². The number of rotatable bonds is 4. The minimum atomic E-state index is 0.624. The Morgan fingerprint density at radius 3 is 2.95 bits per heavy atom. The van der Waals surface area contributed by atoms with E-state index in [9.17, 15) is 0 Å². The lowest BCUT2D eigenvalue weighted by Gasteiger charge is -2.28. The van der Waals surface area contributed by atoms with E-state index in [1.807, 2.05) is 18.4 Å². The Balaban J connectivity index is 1.42. The topological polar surface area (TPSA) is 25.2 Å². The summed E-state index contributed by atoms with van der Waals surface area (Å²) in [5.74, 6) is 2.92. The van der Waals surface area contributed by atoms with Gasteiger partial charge in [0.15, 0.2) is 0 Å². The zero-order valence-corrected chi connectivity index (χ0v) is 12.1. The van der Waals surface area contributed by atoms with Crippen LogP contribution in [0.15, 0.2) is 34.9 Å². The molecule has 4 atom stereocenters. The van der Waals surface area contributed by atoms with Crippen LogP contribution in [0.2, 0.25) is 0 Å². The van der Waals surface area contributed by atoms with E-state index in [1.165, 1.54) is 36.6 Å². The van der Waals surface area contributed by atoms with Gasteiger partial charge in [-0.05, 0) is 50.0 Å². The molecule has 20 heavy (non-hydrogen) atoms. The first kappa shape index (κ1) is 12.5. The molecule has 4 unspecified atom stereocenters. The van der Waals surface area contributed by atoms with Crippen molar-refractivity contribution < 1.29 is 4.42 Å². The summed E-state index contributed by atoms with van der Waals surface area (Å²) in [5, 5.41) is 4.99. The van der Waals surface area contributed by atoms with Crippen molar-refractivity contribution in [3.8, 4) is 0 Å². The molecule has 0 saturated heterocycles. The van der Waals surface area contributed by atoms with E-state index < -0.39 is 0 Å². The van der Waals surface area contributed by atoms with E-state index in [2.05, 4.69) is 24.4 Å². The summed E-state index contributed by atoms with van der Waals surface area (Å²) in [7, 11) is 0. The van der Waals surface area contributed by atoms with Gasteiger partial charge in [-0.3, -0.25) is 0 Å². The highest BCUT2D eigenvalue weighted by Crippen LogP contribution is 2.49. The summed E-state index contributed by atoms with van der Waals surface area (Å²) < 4.78 is 5.62. The molecule has 1 heterocycles. The molecule has 4 rings (SSSR count). The van der Waals surface area contributed by atoms with Crippen LogP contribution in [-0.2, 0) is 6.54 Å². The van der Waals surface area contributed by atoms with Crippen molar-refractivity contribution in [2.75, 3.05) is 0 Å². The highest BCUT2D eigenvalue weighted by atomic mass is 16.3. The van der Waals surface area contributed by atoms with Gasteiger partial charge in [-0.1, -0.05) is 24.6 Å².